The Morgan fingerprint density at radius 3 is 2.63 bits per heavy atom. The molecule has 1 aromatic carbocycles. The van der Waals surface area contributed by atoms with E-state index in [1.54, 1.807) is 23.1 Å². The molecule has 0 spiro atoms. The number of likely N-dealkylation sites (tertiary alicyclic amines) is 2. The summed E-state index contributed by atoms with van der Waals surface area (Å²) in [6.45, 7) is 4.76. The normalized spacial score (nSPS) is 21.3. The molecule has 3 rings (SSSR count). The fourth-order valence-electron chi connectivity index (χ4n) is 3.84. The van der Waals surface area contributed by atoms with Gasteiger partial charge in [-0.25, -0.2) is 8.42 Å². The predicted octanol–water partition coefficient (Wildman–Crippen LogP) is -0.386. The van der Waals surface area contributed by atoms with Crippen molar-refractivity contribution in [3.63, 3.8) is 0 Å². The minimum atomic E-state index is -3.13. The molecule has 1 aromatic rings. The van der Waals surface area contributed by atoms with E-state index in [1.165, 1.54) is 0 Å². The fourth-order valence-corrected chi connectivity index (χ4v) is 4.39. The van der Waals surface area contributed by atoms with Crippen LogP contribution < -0.4 is 5.18 Å². The second-order valence-corrected chi connectivity index (χ2v) is 9.91. The van der Waals surface area contributed by atoms with E-state index >= 15 is 0 Å². The number of hydrogen-bond donors (Lipinski definition) is 2. The average molecular weight is 396 g/mol. The number of aryl methyl sites for hydroxylation is 1. The molecule has 0 bridgehead atoms. The molecule has 8 nitrogen and oxygen atoms in total. The van der Waals surface area contributed by atoms with E-state index in [1.807, 2.05) is 6.07 Å². The van der Waals surface area contributed by atoms with E-state index in [9.17, 15) is 23.2 Å². The predicted molar refractivity (Wildman–Crippen MR) is 100 cm³/mol. The molecule has 0 radical (unpaired) electrons. The molecule has 27 heavy (non-hydrogen) atoms. The lowest BCUT2D eigenvalue weighted by atomic mass is 9.88. The van der Waals surface area contributed by atoms with E-state index in [0.29, 0.717) is 30.6 Å². The van der Waals surface area contributed by atoms with Crippen LogP contribution in [0.1, 0.15) is 29.9 Å². The van der Waals surface area contributed by atoms with Gasteiger partial charge in [-0.3, -0.25) is 9.69 Å². The molecule has 2 aliphatic heterocycles. The van der Waals surface area contributed by atoms with E-state index in [2.05, 4.69) is 4.90 Å². The van der Waals surface area contributed by atoms with Crippen molar-refractivity contribution >= 4 is 21.4 Å². The largest absolute Gasteiger partial charge is 0.502 e. The Balaban J connectivity index is 1.53. The zero-order valence-corrected chi connectivity index (χ0v) is 16.5. The summed E-state index contributed by atoms with van der Waals surface area (Å²) in [4.78, 5) is 27.2. The van der Waals surface area contributed by atoms with E-state index in [4.69, 9.17) is 0 Å². The quantitative estimate of drug-likeness (QED) is 0.634. The lowest BCUT2D eigenvalue weighted by Crippen LogP contribution is -2.56. The highest BCUT2D eigenvalue weighted by molar-refractivity contribution is 7.90. The zero-order chi connectivity index (χ0) is 19.8. The first-order chi connectivity index (χ1) is 12.7. The van der Waals surface area contributed by atoms with Crippen LogP contribution in [-0.4, -0.2) is 73.5 Å². The number of phenolic OH excluding ortho intramolecular Hbond substituents is 1. The molecule has 0 aliphatic carbocycles. The molecule has 2 fully saturated rings. The number of carbonyl (C=O) groups is 1. The van der Waals surface area contributed by atoms with Crippen molar-refractivity contribution in [2.45, 2.75) is 31.7 Å². The molecule has 2 saturated heterocycles. The van der Waals surface area contributed by atoms with Gasteiger partial charge >= 0.3 is 0 Å². The Bertz CT molecular complexity index is 849. The van der Waals surface area contributed by atoms with Crippen LogP contribution >= 0.6 is 0 Å². The van der Waals surface area contributed by atoms with Gasteiger partial charge in [-0.15, -0.1) is 0 Å². The molecule has 0 aromatic heterocycles. The number of nitrogens with one attached hydrogen (secondary N) is 1. The second kappa shape index (κ2) is 7.55. The van der Waals surface area contributed by atoms with Crippen molar-refractivity contribution in [3.8, 4) is 5.75 Å². The van der Waals surface area contributed by atoms with Gasteiger partial charge in [-0.05, 0) is 24.5 Å². The Morgan fingerprint density at radius 2 is 2.00 bits per heavy atom. The van der Waals surface area contributed by atoms with Gasteiger partial charge in [0.1, 0.15) is 9.84 Å². The Kier molecular flexibility index (Phi) is 5.53. The number of sulfone groups is 1. The molecule has 0 saturated carbocycles. The van der Waals surface area contributed by atoms with Crippen molar-refractivity contribution in [1.82, 2.24) is 9.80 Å². The Labute approximate surface area is 159 Å². The van der Waals surface area contributed by atoms with Gasteiger partial charge in [0.15, 0.2) is 5.75 Å². The first-order valence-electron chi connectivity index (χ1n) is 9.09. The number of nitroso groups, excluding NO2 is 1. The molecule has 148 valence electrons. The molecular formula is C18H26N3O5S+. The van der Waals surface area contributed by atoms with Crippen LogP contribution in [0.25, 0.3) is 0 Å². The zero-order valence-electron chi connectivity index (χ0n) is 15.6. The van der Waals surface area contributed by atoms with Gasteiger partial charge in [0.25, 0.3) is 5.69 Å². The summed E-state index contributed by atoms with van der Waals surface area (Å²) in [5.74, 6) is 0.0883. The third kappa shape index (κ3) is 4.47. The maximum Gasteiger partial charge on any atom is 0.295 e. The maximum absolute atomic E-state index is 12.2. The Morgan fingerprint density at radius 1 is 1.30 bits per heavy atom. The molecule has 2 aliphatic rings. The highest BCUT2D eigenvalue weighted by atomic mass is 32.2. The molecule has 2 N–H and O–H groups in total. The average Bonchev–Trinajstić information content (AvgIpc) is 3.03. The third-order valence-corrected chi connectivity index (χ3v) is 6.48. The number of carbonyl (C=O) groups excluding carboxylic acids is 1. The summed E-state index contributed by atoms with van der Waals surface area (Å²) >= 11 is 0. The van der Waals surface area contributed by atoms with E-state index in [-0.39, 0.29) is 29.5 Å². The van der Waals surface area contributed by atoms with Crippen LogP contribution in [-0.2, 0) is 14.6 Å². The Hall–Kier alpha value is -2.00. The highest BCUT2D eigenvalue weighted by Crippen LogP contribution is 2.35. The van der Waals surface area contributed by atoms with Crippen molar-refractivity contribution < 1.29 is 23.5 Å². The van der Waals surface area contributed by atoms with Gasteiger partial charge in [0, 0.05) is 67.0 Å². The van der Waals surface area contributed by atoms with Gasteiger partial charge < -0.3 is 10.0 Å². The molecular weight excluding hydrogens is 370 g/mol. The lowest BCUT2D eigenvalue weighted by molar-refractivity contribution is -0.380. The number of amides is 1. The van der Waals surface area contributed by atoms with Crippen molar-refractivity contribution in [1.29, 1.82) is 0 Å². The first-order valence-corrected chi connectivity index (χ1v) is 11.1. The SMILES string of the molecule is Cc1cc(C2CN(C3CCN(C(=O)CCS(C)(=O)=O)C3)C2)cc([NH+]=O)c1O. The number of hydrogen-bond acceptors (Lipinski definition) is 6. The van der Waals surface area contributed by atoms with Crippen LogP contribution in [0.2, 0.25) is 0 Å². The number of phenols is 1. The van der Waals surface area contributed by atoms with Gasteiger partial charge in [-0.1, -0.05) is 6.07 Å². The summed E-state index contributed by atoms with van der Waals surface area (Å²) in [5, 5.41) is 11.6. The number of rotatable bonds is 6. The minimum Gasteiger partial charge on any atom is -0.502 e. The van der Waals surface area contributed by atoms with Crippen molar-refractivity contribution in [3.05, 3.63) is 28.2 Å². The summed E-state index contributed by atoms with van der Waals surface area (Å²) < 4.78 is 22.4. The minimum absolute atomic E-state index is 0.0102. The smallest absolute Gasteiger partial charge is 0.295 e. The topological polar surface area (TPSA) is 109 Å². The highest BCUT2D eigenvalue weighted by Gasteiger charge is 2.38. The number of aromatic hydroxyl groups is 1. The van der Waals surface area contributed by atoms with Gasteiger partial charge in [0.2, 0.25) is 5.91 Å². The van der Waals surface area contributed by atoms with Crippen LogP contribution in [0, 0.1) is 11.8 Å². The first kappa shape index (κ1) is 19.8. The summed E-state index contributed by atoms with van der Waals surface area (Å²) in [6.07, 6.45) is 2.08. The standard InChI is InChI=1S/C18H25N3O5S/c1-12-7-13(8-16(19-24)18(12)23)14-9-21(10-14)15-3-5-20(11-15)17(22)4-6-27(2,25)26/h7-8,14-15,23H,3-6,9-11H2,1-2H3/p+1. The van der Waals surface area contributed by atoms with Crippen LogP contribution in [0.3, 0.4) is 0 Å². The van der Waals surface area contributed by atoms with Gasteiger partial charge in [0.05, 0.1) is 5.75 Å². The second-order valence-electron chi connectivity index (χ2n) is 7.65. The number of nitrogens with zero attached hydrogens (tertiary/aromatic N) is 2. The molecule has 1 unspecified atom stereocenters. The van der Waals surface area contributed by atoms with Crippen LogP contribution in [0.5, 0.6) is 5.75 Å². The van der Waals surface area contributed by atoms with Gasteiger partial charge in [-0.2, -0.15) is 0 Å². The fraction of sp³-hybridized carbons (Fsp3) is 0.611. The summed E-state index contributed by atoms with van der Waals surface area (Å²) in [7, 11) is -3.13. The molecule has 1 amide bonds. The monoisotopic (exact) mass is 396 g/mol. The van der Waals surface area contributed by atoms with Crippen LogP contribution in [0.15, 0.2) is 12.1 Å². The maximum atomic E-state index is 12.2. The van der Waals surface area contributed by atoms with Crippen molar-refractivity contribution in [2.75, 3.05) is 38.2 Å². The van der Waals surface area contributed by atoms with Crippen molar-refractivity contribution in [2.24, 2.45) is 0 Å². The van der Waals surface area contributed by atoms with E-state index in [0.717, 1.165) is 31.3 Å². The third-order valence-electron chi connectivity index (χ3n) is 5.53. The lowest BCUT2D eigenvalue weighted by Gasteiger charge is -2.43. The van der Waals surface area contributed by atoms with E-state index < -0.39 is 9.84 Å². The van der Waals surface area contributed by atoms with Crippen LogP contribution in [0.4, 0.5) is 5.69 Å². The molecule has 9 heteroatoms. The summed E-state index contributed by atoms with van der Waals surface area (Å²) in [5.41, 5.74) is 1.90. The summed E-state index contributed by atoms with van der Waals surface area (Å²) in [6, 6.07) is 3.90. The molecule has 1 atom stereocenters. The number of benzene rings is 1. The molecule has 2 heterocycles.